The van der Waals surface area contributed by atoms with Crippen molar-refractivity contribution in [3.8, 4) is 0 Å². The van der Waals surface area contributed by atoms with E-state index in [1.54, 1.807) is 0 Å². The Hall–Kier alpha value is -4.37. The van der Waals surface area contributed by atoms with Gasteiger partial charge in [0.25, 0.3) is 8.32 Å². The summed E-state index contributed by atoms with van der Waals surface area (Å²) in [7, 11) is -1.70. The predicted octanol–water partition coefficient (Wildman–Crippen LogP) is 6.75. The van der Waals surface area contributed by atoms with Crippen LogP contribution >= 0.6 is 0 Å². The van der Waals surface area contributed by atoms with Gasteiger partial charge in [0, 0.05) is 13.1 Å². The van der Waals surface area contributed by atoms with Crippen molar-refractivity contribution in [3.63, 3.8) is 0 Å². The lowest BCUT2D eigenvalue weighted by atomic mass is 10.0. The third-order valence-corrected chi connectivity index (χ3v) is 14.2. The first-order valence-electron chi connectivity index (χ1n) is 17.2. The standard InChI is InChI=1S/C43H49NO5Si/c1-43(2,3)50(37-26-16-8-17-27-37,38-28-18-9-19-29-38)49-33-39(40(45)41(42(46)47-4)48-32-36-24-14-7-15-25-36)44(30-34-20-10-5-11-21-34)31-35-22-12-6-13-23-35/h5-29,39-41,45H,30-33H2,1-4H3/t39-,40-,41+/m1/s1. The Kier molecular flexibility index (Phi) is 12.9. The van der Waals surface area contributed by atoms with Crippen LogP contribution in [0.2, 0.25) is 5.04 Å². The fourth-order valence-electron chi connectivity index (χ4n) is 6.70. The van der Waals surface area contributed by atoms with Crippen LogP contribution in [-0.4, -0.2) is 56.3 Å². The lowest BCUT2D eigenvalue weighted by Crippen LogP contribution is -2.68. The van der Waals surface area contributed by atoms with Gasteiger partial charge in [-0.05, 0) is 32.1 Å². The Morgan fingerprint density at radius 3 is 1.46 bits per heavy atom. The zero-order chi connectivity index (χ0) is 35.4. The van der Waals surface area contributed by atoms with Crippen molar-refractivity contribution in [2.45, 2.75) is 63.8 Å². The fraction of sp³-hybridized carbons (Fsp3) is 0.279. The van der Waals surface area contributed by atoms with E-state index in [4.69, 9.17) is 13.9 Å². The minimum Gasteiger partial charge on any atom is -0.467 e. The maximum atomic E-state index is 13.5. The highest BCUT2D eigenvalue weighted by molar-refractivity contribution is 6.99. The summed E-state index contributed by atoms with van der Waals surface area (Å²) in [6.45, 7) is 7.99. The van der Waals surface area contributed by atoms with E-state index in [-0.39, 0.29) is 18.3 Å². The molecule has 260 valence electrons. The van der Waals surface area contributed by atoms with Gasteiger partial charge in [0.05, 0.1) is 26.4 Å². The zero-order valence-electron chi connectivity index (χ0n) is 29.5. The summed E-state index contributed by atoms with van der Waals surface area (Å²) in [6.07, 6.45) is -2.56. The molecule has 0 unspecified atom stereocenters. The van der Waals surface area contributed by atoms with Gasteiger partial charge in [-0.25, -0.2) is 4.79 Å². The van der Waals surface area contributed by atoms with E-state index in [1.807, 2.05) is 78.9 Å². The molecule has 50 heavy (non-hydrogen) atoms. The maximum Gasteiger partial charge on any atom is 0.337 e. The summed E-state index contributed by atoms with van der Waals surface area (Å²) < 4.78 is 19.0. The Morgan fingerprint density at radius 1 is 0.660 bits per heavy atom. The molecule has 0 bridgehead atoms. The van der Waals surface area contributed by atoms with E-state index in [0.717, 1.165) is 27.1 Å². The number of esters is 1. The number of hydrogen-bond donors (Lipinski definition) is 1. The van der Waals surface area contributed by atoms with Gasteiger partial charge in [-0.15, -0.1) is 0 Å². The molecule has 0 fully saturated rings. The minimum atomic E-state index is -3.02. The number of rotatable bonds is 16. The van der Waals surface area contributed by atoms with Crippen molar-refractivity contribution in [2.75, 3.05) is 13.7 Å². The van der Waals surface area contributed by atoms with Gasteiger partial charge in [0.1, 0.15) is 6.10 Å². The van der Waals surface area contributed by atoms with E-state index >= 15 is 0 Å². The summed E-state index contributed by atoms with van der Waals surface area (Å²) in [5.74, 6) is -0.636. The monoisotopic (exact) mass is 687 g/mol. The zero-order valence-corrected chi connectivity index (χ0v) is 30.5. The van der Waals surface area contributed by atoms with E-state index < -0.39 is 32.5 Å². The summed E-state index contributed by atoms with van der Waals surface area (Å²) in [5, 5.41) is 14.5. The third-order valence-electron chi connectivity index (χ3n) is 9.22. The second-order valence-corrected chi connectivity index (χ2v) is 18.0. The number of carbonyl (C=O) groups is 1. The second kappa shape index (κ2) is 17.5. The molecule has 0 amide bonds. The Bertz CT molecular complexity index is 1640. The van der Waals surface area contributed by atoms with Crippen molar-refractivity contribution in [3.05, 3.63) is 168 Å². The molecule has 3 atom stereocenters. The van der Waals surface area contributed by atoms with E-state index in [9.17, 15) is 9.90 Å². The Balaban J connectivity index is 1.61. The van der Waals surface area contributed by atoms with Gasteiger partial charge in [0.15, 0.2) is 6.10 Å². The van der Waals surface area contributed by atoms with Crippen LogP contribution in [0.25, 0.3) is 0 Å². The number of aliphatic hydroxyl groups is 1. The SMILES string of the molecule is COC(=O)[C@@H](OCc1ccccc1)[C@H](O)[C@@H](CO[Si](c1ccccc1)(c1ccccc1)C(C)(C)C)N(Cc1ccccc1)Cc1ccccc1. The van der Waals surface area contributed by atoms with Crippen LogP contribution in [0.4, 0.5) is 0 Å². The molecule has 5 aromatic rings. The summed E-state index contributed by atoms with van der Waals surface area (Å²) in [6, 6.07) is 50.2. The van der Waals surface area contributed by atoms with Crippen LogP contribution in [0.3, 0.4) is 0 Å². The van der Waals surface area contributed by atoms with Crippen LogP contribution in [0.5, 0.6) is 0 Å². The van der Waals surface area contributed by atoms with Gasteiger partial charge in [-0.2, -0.15) is 0 Å². The molecule has 0 aromatic heterocycles. The normalized spacial score (nSPS) is 13.8. The van der Waals surface area contributed by atoms with Crippen LogP contribution in [0.15, 0.2) is 152 Å². The highest BCUT2D eigenvalue weighted by Gasteiger charge is 2.51. The first-order chi connectivity index (χ1) is 24.2. The number of nitrogens with zero attached hydrogens (tertiary/aromatic N) is 1. The summed E-state index contributed by atoms with van der Waals surface area (Å²) in [4.78, 5) is 15.7. The Morgan fingerprint density at radius 2 is 1.06 bits per heavy atom. The van der Waals surface area contributed by atoms with Gasteiger partial charge < -0.3 is 19.0 Å². The Labute approximate surface area is 298 Å². The van der Waals surface area contributed by atoms with Gasteiger partial charge in [-0.3, -0.25) is 4.90 Å². The van der Waals surface area contributed by atoms with Crippen molar-refractivity contribution < 1.29 is 23.8 Å². The third kappa shape index (κ3) is 9.04. The molecule has 5 rings (SSSR count). The van der Waals surface area contributed by atoms with E-state index in [1.165, 1.54) is 7.11 Å². The number of benzene rings is 5. The molecular formula is C43H49NO5Si. The average Bonchev–Trinajstić information content (AvgIpc) is 3.14. The lowest BCUT2D eigenvalue weighted by Gasteiger charge is -2.45. The molecular weight excluding hydrogens is 639 g/mol. The van der Waals surface area contributed by atoms with Crippen LogP contribution in [0.1, 0.15) is 37.5 Å². The highest BCUT2D eigenvalue weighted by Crippen LogP contribution is 2.37. The summed E-state index contributed by atoms with van der Waals surface area (Å²) in [5.41, 5.74) is 3.04. The van der Waals surface area contributed by atoms with E-state index in [2.05, 4.69) is 98.5 Å². The quantitative estimate of drug-likeness (QED) is 0.0915. The van der Waals surface area contributed by atoms with Gasteiger partial charge in [0.2, 0.25) is 0 Å². The largest absolute Gasteiger partial charge is 0.467 e. The highest BCUT2D eigenvalue weighted by atomic mass is 28.4. The number of hydrogen-bond acceptors (Lipinski definition) is 6. The van der Waals surface area contributed by atoms with E-state index in [0.29, 0.717) is 13.1 Å². The van der Waals surface area contributed by atoms with Crippen LogP contribution in [-0.2, 0) is 38.4 Å². The molecule has 0 heterocycles. The first-order valence-corrected chi connectivity index (χ1v) is 19.1. The topological polar surface area (TPSA) is 68.2 Å². The van der Waals surface area contributed by atoms with Crippen LogP contribution < -0.4 is 10.4 Å². The number of aliphatic hydroxyl groups excluding tert-OH is 1. The van der Waals surface area contributed by atoms with Crippen molar-refractivity contribution in [1.82, 2.24) is 4.90 Å². The molecule has 0 aliphatic rings. The fourth-order valence-corrected chi connectivity index (χ4v) is 11.3. The molecule has 0 radical (unpaired) electrons. The maximum absolute atomic E-state index is 13.5. The van der Waals surface area contributed by atoms with Crippen molar-refractivity contribution in [2.24, 2.45) is 0 Å². The minimum absolute atomic E-state index is 0.135. The molecule has 6 nitrogen and oxygen atoms in total. The number of methoxy groups -OCH3 is 1. The summed E-state index contributed by atoms with van der Waals surface area (Å²) >= 11 is 0. The van der Waals surface area contributed by atoms with Gasteiger partial charge in [-0.1, -0.05) is 172 Å². The molecule has 0 saturated heterocycles. The number of carbonyl (C=O) groups excluding carboxylic acids is 1. The van der Waals surface area contributed by atoms with Crippen molar-refractivity contribution >= 4 is 24.7 Å². The lowest BCUT2D eigenvalue weighted by molar-refractivity contribution is -0.169. The molecule has 0 spiro atoms. The average molecular weight is 688 g/mol. The molecule has 5 aromatic carbocycles. The predicted molar refractivity (Wildman–Crippen MR) is 203 cm³/mol. The molecule has 0 aliphatic carbocycles. The molecule has 0 saturated carbocycles. The molecule has 7 heteroatoms. The van der Waals surface area contributed by atoms with Crippen LogP contribution in [0, 0.1) is 0 Å². The molecule has 1 N–H and O–H groups in total. The number of ether oxygens (including phenoxy) is 2. The smallest absolute Gasteiger partial charge is 0.337 e. The first kappa shape index (κ1) is 36.9. The second-order valence-electron chi connectivity index (χ2n) is 13.6. The molecule has 0 aliphatic heterocycles. The van der Waals surface area contributed by atoms with Gasteiger partial charge >= 0.3 is 5.97 Å². The van der Waals surface area contributed by atoms with Crippen molar-refractivity contribution in [1.29, 1.82) is 0 Å².